The number of nitrogens with zero attached hydrogens (tertiary/aromatic N) is 2. The molecule has 3 rings (SSSR count). The standard InChI is InChI=1S/C25H33FN4O2.HI/c1-27-24(28-14-11-19-5-4-6-20(17-19)23(31)30(2)3)29-18-25(12-15-32-16-13-25)21-7-9-22(26)10-8-21;/h4-10,17H,11-16,18H2,1-3H3,(H2,27,28,29);1H. The summed E-state index contributed by atoms with van der Waals surface area (Å²) in [6.07, 6.45) is 2.51. The maximum absolute atomic E-state index is 13.4. The Morgan fingerprint density at radius 3 is 2.45 bits per heavy atom. The number of halogens is 2. The topological polar surface area (TPSA) is 66.0 Å². The van der Waals surface area contributed by atoms with Gasteiger partial charge in [0.1, 0.15) is 5.82 Å². The molecule has 0 saturated carbocycles. The van der Waals surface area contributed by atoms with Crippen LogP contribution in [0, 0.1) is 5.82 Å². The maximum Gasteiger partial charge on any atom is 0.253 e. The summed E-state index contributed by atoms with van der Waals surface area (Å²) in [4.78, 5) is 18.1. The molecule has 1 heterocycles. The highest BCUT2D eigenvalue weighted by atomic mass is 127. The number of hydrogen-bond donors (Lipinski definition) is 2. The van der Waals surface area contributed by atoms with Crippen LogP contribution in [0.25, 0.3) is 0 Å². The Morgan fingerprint density at radius 1 is 1.12 bits per heavy atom. The fourth-order valence-electron chi connectivity index (χ4n) is 4.05. The molecule has 1 aliphatic heterocycles. The first-order chi connectivity index (χ1) is 15.4. The van der Waals surface area contributed by atoms with Gasteiger partial charge in [-0.2, -0.15) is 0 Å². The molecule has 0 spiro atoms. The van der Waals surface area contributed by atoms with E-state index in [9.17, 15) is 9.18 Å². The van der Waals surface area contributed by atoms with Crippen molar-refractivity contribution in [3.63, 3.8) is 0 Å². The van der Waals surface area contributed by atoms with Crippen LogP contribution in [0.4, 0.5) is 4.39 Å². The van der Waals surface area contributed by atoms with Gasteiger partial charge in [0.25, 0.3) is 5.91 Å². The molecule has 1 amide bonds. The van der Waals surface area contributed by atoms with Crippen molar-refractivity contribution in [2.24, 2.45) is 4.99 Å². The van der Waals surface area contributed by atoms with Gasteiger partial charge >= 0.3 is 0 Å². The molecule has 1 aliphatic rings. The summed E-state index contributed by atoms with van der Waals surface area (Å²) in [5.74, 6) is 0.496. The van der Waals surface area contributed by atoms with Crippen LogP contribution < -0.4 is 10.6 Å². The number of guanidine groups is 1. The Morgan fingerprint density at radius 2 is 1.82 bits per heavy atom. The van der Waals surface area contributed by atoms with E-state index in [0.717, 1.165) is 36.3 Å². The summed E-state index contributed by atoms with van der Waals surface area (Å²) < 4.78 is 19.0. The molecule has 0 aromatic heterocycles. The quantitative estimate of drug-likeness (QED) is 0.305. The highest BCUT2D eigenvalue weighted by Crippen LogP contribution is 2.34. The Balaban J connectivity index is 0.00000385. The van der Waals surface area contributed by atoms with Gasteiger partial charge in [-0.3, -0.25) is 9.79 Å². The summed E-state index contributed by atoms with van der Waals surface area (Å²) in [6.45, 7) is 2.75. The number of carbonyl (C=O) groups excluding carboxylic acids is 1. The van der Waals surface area contributed by atoms with Gasteiger partial charge in [-0.15, -0.1) is 24.0 Å². The van der Waals surface area contributed by atoms with Crippen molar-refractivity contribution in [2.45, 2.75) is 24.7 Å². The molecule has 180 valence electrons. The number of hydrogen-bond acceptors (Lipinski definition) is 3. The largest absolute Gasteiger partial charge is 0.381 e. The van der Waals surface area contributed by atoms with Crippen LogP contribution in [-0.4, -0.2) is 64.2 Å². The van der Waals surface area contributed by atoms with Gasteiger partial charge in [-0.25, -0.2) is 4.39 Å². The molecule has 0 radical (unpaired) electrons. The third-order valence-electron chi connectivity index (χ3n) is 6.01. The predicted octanol–water partition coefficient (Wildman–Crippen LogP) is 3.60. The van der Waals surface area contributed by atoms with Crippen LogP contribution in [0.5, 0.6) is 0 Å². The minimum absolute atomic E-state index is 0. The first-order valence-corrected chi connectivity index (χ1v) is 11.0. The van der Waals surface area contributed by atoms with E-state index in [1.165, 1.54) is 12.1 Å². The number of aliphatic imine (C=N–C) groups is 1. The summed E-state index contributed by atoms with van der Waals surface area (Å²) in [7, 11) is 5.26. The van der Waals surface area contributed by atoms with E-state index in [1.807, 2.05) is 36.4 Å². The number of ether oxygens (including phenoxy) is 1. The molecule has 0 bridgehead atoms. The fourth-order valence-corrected chi connectivity index (χ4v) is 4.05. The van der Waals surface area contributed by atoms with Crippen molar-refractivity contribution >= 4 is 35.8 Å². The minimum Gasteiger partial charge on any atom is -0.381 e. The van der Waals surface area contributed by atoms with E-state index < -0.39 is 0 Å². The van der Waals surface area contributed by atoms with Crippen molar-refractivity contribution in [2.75, 3.05) is 47.4 Å². The van der Waals surface area contributed by atoms with E-state index in [0.29, 0.717) is 31.9 Å². The van der Waals surface area contributed by atoms with Crippen LogP contribution in [0.2, 0.25) is 0 Å². The summed E-state index contributed by atoms with van der Waals surface area (Å²) >= 11 is 0. The van der Waals surface area contributed by atoms with Crippen molar-refractivity contribution in [3.8, 4) is 0 Å². The lowest BCUT2D eigenvalue weighted by molar-refractivity contribution is 0.0513. The van der Waals surface area contributed by atoms with Gasteiger partial charge in [-0.1, -0.05) is 24.3 Å². The van der Waals surface area contributed by atoms with Crippen molar-refractivity contribution in [3.05, 3.63) is 71.0 Å². The van der Waals surface area contributed by atoms with Crippen LogP contribution in [0.15, 0.2) is 53.5 Å². The van der Waals surface area contributed by atoms with E-state index in [-0.39, 0.29) is 41.1 Å². The lowest BCUT2D eigenvalue weighted by Crippen LogP contribution is -2.48. The number of amides is 1. The molecule has 0 atom stereocenters. The molecule has 8 heteroatoms. The zero-order valence-electron chi connectivity index (χ0n) is 19.6. The first kappa shape index (κ1) is 27.0. The Kier molecular flexibility index (Phi) is 10.6. The van der Waals surface area contributed by atoms with Crippen molar-refractivity contribution < 1.29 is 13.9 Å². The molecule has 2 N–H and O–H groups in total. The SMILES string of the molecule is CN=C(NCCc1cccc(C(=O)N(C)C)c1)NCC1(c2ccc(F)cc2)CCOCC1.I. The molecular formula is C25H34FIN4O2. The summed E-state index contributed by atoms with van der Waals surface area (Å²) in [6, 6.07) is 14.5. The molecule has 0 aliphatic carbocycles. The predicted molar refractivity (Wildman–Crippen MR) is 141 cm³/mol. The summed E-state index contributed by atoms with van der Waals surface area (Å²) in [5.41, 5.74) is 2.78. The molecule has 1 saturated heterocycles. The second-order valence-electron chi connectivity index (χ2n) is 8.40. The van der Waals surface area contributed by atoms with Crippen LogP contribution in [0.3, 0.4) is 0 Å². The highest BCUT2D eigenvalue weighted by molar-refractivity contribution is 14.0. The fraction of sp³-hybridized carbons (Fsp3) is 0.440. The highest BCUT2D eigenvalue weighted by Gasteiger charge is 2.34. The third-order valence-corrected chi connectivity index (χ3v) is 6.01. The second-order valence-corrected chi connectivity index (χ2v) is 8.40. The first-order valence-electron chi connectivity index (χ1n) is 11.0. The molecule has 0 unspecified atom stereocenters. The van der Waals surface area contributed by atoms with Gasteiger partial charge in [0.2, 0.25) is 0 Å². The average molecular weight is 568 g/mol. The normalized spacial score (nSPS) is 15.3. The maximum atomic E-state index is 13.4. The number of carbonyl (C=O) groups is 1. The van der Waals surface area contributed by atoms with Crippen LogP contribution in [-0.2, 0) is 16.6 Å². The number of nitrogens with one attached hydrogen (secondary N) is 2. The second kappa shape index (κ2) is 12.9. The molecule has 2 aromatic rings. The van der Waals surface area contributed by atoms with Gasteiger partial charge in [0.05, 0.1) is 0 Å². The van der Waals surface area contributed by atoms with E-state index in [1.54, 1.807) is 26.0 Å². The van der Waals surface area contributed by atoms with Crippen molar-refractivity contribution in [1.29, 1.82) is 0 Å². The van der Waals surface area contributed by atoms with Crippen molar-refractivity contribution in [1.82, 2.24) is 15.5 Å². The number of rotatable bonds is 7. The van der Waals surface area contributed by atoms with E-state index in [4.69, 9.17) is 4.74 Å². The van der Waals surface area contributed by atoms with E-state index in [2.05, 4.69) is 15.6 Å². The van der Waals surface area contributed by atoms with Gasteiger partial charge < -0.3 is 20.3 Å². The minimum atomic E-state index is -0.224. The van der Waals surface area contributed by atoms with Gasteiger partial charge in [0.15, 0.2) is 5.96 Å². The van der Waals surface area contributed by atoms with Crippen LogP contribution >= 0.6 is 24.0 Å². The monoisotopic (exact) mass is 568 g/mol. The molecular weight excluding hydrogens is 534 g/mol. The Bertz CT molecular complexity index is 928. The zero-order chi connectivity index (χ0) is 23.0. The Labute approximate surface area is 213 Å². The summed E-state index contributed by atoms with van der Waals surface area (Å²) in [5, 5.41) is 6.81. The number of benzene rings is 2. The molecule has 2 aromatic carbocycles. The zero-order valence-corrected chi connectivity index (χ0v) is 21.9. The van der Waals surface area contributed by atoms with Gasteiger partial charge in [-0.05, 0) is 54.7 Å². The molecule has 33 heavy (non-hydrogen) atoms. The third kappa shape index (κ3) is 7.40. The molecule has 6 nitrogen and oxygen atoms in total. The van der Waals surface area contributed by atoms with Crippen LogP contribution in [0.1, 0.15) is 34.3 Å². The Hall–Kier alpha value is -2.20. The van der Waals surface area contributed by atoms with E-state index >= 15 is 0 Å². The lowest BCUT2D eigenvalue weighted by atomic mass is 9.74. The lowest BCUT2D eigenvalue weighted by Gasteiger charge is -2.38. The smallest absolute Gasteiger partial charge is 0.253 e. The molecule has 1 fully saturated rings. The average Bonchev–Trinajstić information content (AvgIpc) is 2.82. The van der Waals surface area contributed by atoms with Gasteiger partial charge in [0, 0.05) is 58.4 Å².